The lowest BCUT2D eigenvalue weighted by Crippen LogP contribution is -2.26. The van der Waals surface area contributed by atoms with Crippen LogP contribution in [0.1, 0.15) is 85.0 Å². The van der Waals surface area contributed by atoms with Gasteiger partial charge in [-0.25, -0.2) is 4.79 Å². The highest BCUT2D eigenvalue weighted by Crippen LogP contribution is 2.45. The van der Waals surface area contributed by atoms with Crippen molar-refractivity contribution in [3.63, 3.8) is 0 Å². The average Bonchev–Trinajstić information content (AvgIpc) is 3.31. The standard InChI is InChI=1S/C33H40N2O4S2/c1-6-7-16-27(36)34-23-14-11-15-24(20-23)40-29(21-12-9-8-10-13-21)30(37)35-31-28(32(38)39-5)25-18-17-22(33(2,3)4)19-26(25)41-31/h8-15,20,22,29H,6-7,16-19H2,1-5H3,(H,34,36)(H,35,37). The van der Waals surface area contributed by atoms with Gasteiger partial charge in [-0.15, -0.1) is 23.1 Å². The molecule has 1 aliphatic rings. The topological polar surface area (TPSA) is 84.5 Å². The number of ether oxygens (including phenoxy) is 1. The van der Waals surface area contributed by atoms with Crippen LogP contribution in [-0.4, -0.2) is 24.9 Å². The lowest BCUT2D eigenvalue weighted by Gasteiger charge is -2.33. The highest BCUT2D eigenvalue weighted by molar-refractivity contribution is 8.00. The van der Waals surface area contributed by atoms with E-state index in [4.69, 9.17) is 4.74 Å². The molecule has 0 fully saturated rings. The molecule has 0 spiro atoms. The fourth-order valence-electron chi connectivity index (χ4n) is 5.15. The fraction of sp³-hybridized carbons (Fsp3) is 0.424. The van der Waals surface area contributed by atoms with Crippen LogP contribution in [0.2, 0.25) is 0 Å². The number of hydrogen-bond acceptors (Lipinski definition) is 6. The van der Waals surface area contributed by atoms with Gasteiger partial charge in [-0.1, -0.05) is 70.5 Å². The Bertz CT molecular complexity index is 1380. The zero-order chi connectivity index (χ0) is 29.6. The number of methoxy groups -OCH3 is 1. The van der Waals surface area contributed by atoms with Gasteiger partial charge in [0.1, 0.15) is 10.3 Å². The quantitative estimate of drug-likeness (QED) is 0.183. The highest BCUT2D eigenvalue weighted by atomic mass is 32.2. The van der Waals surface area contributed by atoms with Gasteiger partial charge in [0.2, 0.25) is 11.8 Å². The SMILES string of the molecule is CCCCC(=O)Nc1cccc(SC(C(=O)Nc2sc3c(c2C(=O)OC)CCC(C(C)(C)C)C3)c2ccccc2)c1. The van der Waals surface area contributed by atoms with Crippen LogP contribution in [0.15, 0.2) is 59.5 Å². The predicted octanol–water partition coefficient (Wildman–Crippen LogP) is 8.29. The number of unbranched alkanes of at least 4 members (excludes halogenated alkanes) is 1. The first-order valence-electron chi connectivity index (χ1n) is 14.3. The van der Waals surface area contributed by atoms with E-state index in [-0.39, 0.29) is 17.2 Å². The van der Waals surface area contributed by atoms with Gasteiger partial charge < -0.3 is 15.4 Å². The summed E-state index contributed by atoms with van der Waals surface area (Å²) in [6.45, 7) is 8.83. The smallest absolute Gasteiger partial charge is 0.341 e. The summed E-state index contributed by atoms with van der Waals surface area (Å²) in [5.74, 6) is -0.140. The molecule has 218 valence electrons. The minimum atomic E-state index is -0.575. The molecule has 4 rings (SSSR count). The number of esters is 1. The number of rotatable bonds is 10. The molecule has 2 amide bonds. The molecule has 6 nitrogen and oxygen atoms in total. The van der Waals surface area contributed by atoms with Crippen LogP contribution in [-0.2, 0) is 27.2 Å². The molecule has 1 aromatic heterocycles. The summed E-state index contributed by atoms with van der Waals surface area (Å²) < 4.78 is 5.16. The molecule has 2 unspecified atom stereocenters. The van der Waals surface area contributed by atoms with Gasteiger partial charge in [0.15, 0.2) is 0 Å². The van der Waals surface area contributed by atoms with E-state index in [0.29, 0.717) is 28.6 Å². The number of thiophene rings is 1. The highest BCUT2D eigenvalue weighted by Gasteiger charge is 2.35. The third kappa shape index (κ3) is 7.80. The van der Waals surface area contributed by atoms with E-state index in [9.17, 15) is 14.4 Å². The van der Waals surface area contributed by atoms with Gasteiger partial charge in [-0.2, -0.15) is 0 Å². The molecular weight excluding hydrogens is 553 g/mol. The number of anilines is 2. The van der Waals surface area contributed by atoms with Crippen LogP contribution < -0.4 is 10.6 Å². The second kappa shape index (κ2) is 13.7. The second-order valence-electron chi connectivity index (χ2n) is 11.6. The van der Waals surface area contributed by atoms with Crippen LogP contribution in [0.4, 0.5) is 10.7 Å². The maximum Gasteiger partial charge on any atom is 0.341 e. The van der Waals surface area contributed by atoms with Gasteiger partial charge in [-0.05, 0) is 66.3 Å². The summed E-state index contributed by atoms with van der Waals surface area (Å²) >= 11 is 2.91. The molecule has 2 aromatic carbocycles. The van der Waals surface area contributed by atoms with Gasteiger partial charge in [-0.3, -0.25) is 9.59 Å². The molecular formula is C33H40N2O4S2. The lowest BCUT2D eigenvalue weighted by molar-refractivity contribution is -0.116. The monoisotopic (exact) mass is 592 g/mol. The molecule has 41 heavy (non-hydrogen) atoms. The number of nitrogens with one attached hydrogen (secondary N) is 2. The van der Waals surface area contributed by atoms with Crippen LogP contribution in [0.3, 0.4) is 0 Å². The summed E-state index contributed by atoms with van der Waals surface area (Å²) in [5, 5.41) is 6.06. The number of fused-ring (bicyclic) bond motifs is 1. The van der Waals surface area contributed by atoms with E-state index in [1.807, 2.05) is 54.6 Å². The van der Waals surface area contributed by atoms with Crippen molar-refractivity contribution in [3.8, 4) is 0 Å². The number of carbonyl (C=O) groups excluding carboxylic acids is 3. The molecule has 0 aliphatic heterocycles. The average molecular weight is 593 g/mol. The van der Waals surface area contributed by atoms with Crippen LogP contribution >= 0.6 is 23.1 Å². The Morgan fingerprint density at radius 2 is 1.83 bits per heavy atom. The third-order valence-corrected chi connectivity index (χ3v) is 10.0. The molecule has 3 aromatic rings. The molecule has 2 N–H and O–H groups in total. The summed E-state index contributed by atoms with van der Waals surface area (Å²) in [5.41, 5.74) is 3.21. The summed E-state index contributed by atoms with van der Waals surface area (Å²) in [6, 6.07) is 17.2. The van der Waals surface area contributed by atoms with Crippen molar-refractivity contribution >= 4 is 51.6 Å². The van der Waals surface area contributed by atoms with Crippen LogP contribution in [0, 0.1) is 11.3 Å². The van der Waals surface area contributed by atoms with Crippen molar-refractivity contribution < 1.29 is 19.1 Å². The second-order valence-corrected chi connectivity index (χ2v) is 13.9. The Morgan fingerprint density at radius 1 is 1.07 bits per heavy atom. The molecule has 0 saturated heterocycles. The Hall–Kier alpha value is -3.10. The van der Waals surface area contributed by atoms with Crippen molar-refractivity contribution in [2.45, 2.75) is 76.4 Å². The first-order chi connectivity index (χ1) is 19.6. The lowest BCUT2D eigenvalue weighted by atomic mass is 9.72. The number of carbonyl (C=O) groups is 3. The number of hydrogen-bond donors (Lipinski definition) is 2. The van der Waals surface area contributed by atoms with Crippen molar-refractivity contribution in [1.82, 2.24) is 0 Å². The van der Waals surface area contributed by atoms with Crippen molar-refractivity contribution in [3.05, 3.63) is 76.2 Å². The summed E-state index contributed by atoms with van der Waals surface area (Å²) in [7, 11) is 1.38. The Labute approximate surface area is 251 Å². The molecule has 0 bridgehead atoms. The number of benzene rings is 2. The Balaban J connectivity index is 1.61. The van der Waals surface area contributed by atoms with Crippen LogP contribution in [0.5, 0.6) is 0 Å². The van der Waals surface area contributed by atoms with Gasteiger partial charge >= 0.3 is 5.97 Å². The minimum absolute atomic E-state index is 0.0166. The maximum absolute atomic E-state index is 14.0. The molecule has 0 radical (unpaired) electrons. The van der Waals surface area contributed by atoms with Crippen molar-refractivity contribution in [1.29, 1.82) is 0 Å². The van der Waals surface area contributed by atoms with E-state index in [0.717, 1.165) is 53.0 Å². The van der Waals surface area contributed by atoms with E-state index in [1.165, 1.54) is 30.2 Å². The Morgan fingerprint density at radius 3 is 2.51 bits per heavy atom. The summed E-state index contributed by atoms with van der Waals surface area (Å²) in [4.78, 5) is 41.2. The zero-order valence-electron chi connectivity index (χ0n) is 24.5. The van der Waals surface area contributed by atoms with E-state index >= 15 is 0 Å². The fourth-order valence-corrected chi connectivity index (χ4v) is 7.56. The first kappa shape index (κ1) is 30.8. The molecule has 0 saturated carbocycles. The van der Waals surface area contributed by atoms with Crippen LogP contribution in [0.25, 0.3) is 0 Å². The normalized spacial score (nSPS) is 15.5. The van der Waals surface area contributed by atoms with Crippen molar-refractivity contribution in [2.24, 2.45) is 11.3 Å². The van der Waals surface area contributed by atoms with Gasteiger partial charge in [0.25, 0.3) is 0 Å². The molecule has 1 aliphatic carbocycles. The number of amides is 2. The van der Waals surface area contributed by atoms with Gasteiger partial charge in [0, 0.05) is 21.9 Å². The zero-order valence-corrected chi connectivity index (χ0v) is 26.2. The summed E-state index contributed by atoms with van der Waals surface area (Å²) in [6.07, 6.45) is 4.95. The molecule has 2 atom stereocenters. The number of thioether (sulfide) groups is 1. The minimum Gasteiger partial charge on any atom is -0.465 e. The maximum atomic E-state index is 14.0. The van der Waals surface area contributed by atoms with Gasteiger partial charge in [0.05, 0.1) is 12.7 Å². The Kier molecular flexibility index (Phi) is 10.3. The predicted molar refractivity (Wildman–Crippen MR) is 169 cm³/mol. The largest absolute Gasteiger partial charge is 0.465 e. The first-order valence-corrected chi connectivity index (χ1v) is 16.0. The van der Waals surface area contributed by atoms with E-state index in [2.05, 4.69) is 38.3 Å². The molecule has 8 heteroatoms. The van der Waals surface area contributed by atoms with E-state index < -0.39 is 11.2 Å². The molecule has 1 heterocycles. The van der Waals surface area contributed by atoms with E-state index in [1.54, 1.807) is 0 Å². The van der Waals surface area contributed by atoms with Crippen molar-refractivity contribution in [2.75, 3.05) is 17.7 Å². The third-order valence-electron chi connectivity index (χ3n) is 7.59.